The predicted molar refractivity (Wildman–Crippen MR) is 104 cm³/mol. The molecule has 6 nitrogen and oxygen atoms in total. The number of allylic oxidation sites excluding steroid dienone is 1. The second-order valence-electron chi connectivity index (χ2n) is 6.21. The Morgan fingerprint density at radius 3 is 2.37 bits per heavy atom. The largest absolute Gasteiger partial charge is 0.573 e. The first-order valence-electron chi connectivity index (χ1n) is 8.99. The van der Waals surface area contributed by atoms with Gasteiger partial charge < -0.3 is 9.47 Å². The van der Waals surface area contributed by atoms with Crippen LogP contribution in [0.4, 0.5) is 13.2 Å². The molecular weight excluding hydrogens is 399 g/mol. The lowest BCUT2D eigenvalue weighted by molar-refractivity contribution is -0.274. The number of nitrogens with zero attached hydrogens (tertiary/aromatic N) is 3. The van der Waals surface area contributed by atoms with E-state index in [9.17, 15) is 18.0 Å². The van der Waals surface area contributed by atoms with Crippen LogP contribution in [0.1, 0.15) is 19.4 Å². The summed E-state index contributed by atoms with van der Waals surface area (Å²) in [4.78, 5) is 15.8. The first kappa shape index (κ1) is 21.1. The average Bonchev–Trinajstić information content (AvgIpc) is 3.18. The van der Waals surface area contributed by atoms with Crippen molar-refractivity contribution in [3.8, 4) is 22.8 Å². The van der Waals surface area contributed by atoms with Crippen molar-refractivity contribution in [1.29, 1.82) is 0 Å². The molecule has 156 valence electrons. The molecule has 3 rings (SSSR count). The van der Waals surface area contributed by atoms with E-state index < -0.39 is 12.3 Å². The van der Waals surface area contributed by atoms with Gasteiger partial charge in [0.2, 0.25) is 0 Å². The molecule has 30 heavy (non-hydrogen) atoms. The molecule has 0 bridgehead atoms. The Bertz CT molecular complexity index is 1040. The molecule has 9 heteroatoms. The topological polar surface area (TPSA) is 66.2 Å². The zero-order chi connectivity index (χ0) is 21.7. The SMILES string of the molecule is CCOC(=O)/C=C(\C)c1ccc(-c2ncn(-c3ccc(OC(F)(F)F)cc3)n2)cc1. The van der Waals surface area contributed by atoms with E-state index in [4.69, 9.17) is 4.74 Å². The molecule has 0 fully saturated rings. The summed E-state index contributed by atoms with van der Waals surface area (Å²) in [6, 6.07) is 12.6. The van der Waals surface area contributed by atoms with Gasteiger partial charge in [-0.05, 0) is 49.2 Å². The highest BCUT2D eigenvalue weighted by Crippen LogP contribution is 2.24. The van der Waals surface area contributed by atoms with E-state index in [0.29, 0.717) is 18.1 Å². The van der Waals surface area contributed by atoms with Crippen LogP contribution in [0.2, 0.25) is 0 Å². The number of ether oxygens (including phenoxy) is 2. The maximum Gasteiger partial charge on any atom is 0.573 e. The Balaban J connectivity index is 1.74. The van der Waals surface area contributed by atoms with Gasteiger partial charge in [-0.25, -0.2) is 14.5 Å². The molecule has 0 spiro atoms. The summed E-state index contributed by atoms with van der Waals surface area (Å²) in [6.07, 6.45) is -1.84. The number of carbonyl (C=O) groups is 1. The molecule has 0 aliphatic rings. The number of halogens is 3. The van der Waals surface area contributed by atoms with Crippen molar-refractivity contribution in [1.82, 2.24) is 14.8 Å². The van der Waals surface area contributed by atoms with Crippen molar-refractivity contribution >= 4 is 11.5 Å². The van der Waals surface area contributed by atoms with Crippen LogP contribution in [0.15, 0.2) is 60.9 Å². The van der Waals surface area contributed by atoms with Crippen molar-refractivity contribution in [2.45, 2.75) is 20.2 Å². The first-order valence-corrected chi connectivity index (χ1v) is 8.99. The predicted octanol–water partition coefficient (Wildman–Crippen LogP) is 4.80. The van der Waals surface area contributed by atoms with Gasteiger partial charge in [0, 0.05) is 11.6 Å². The van der Waals surface area contributed by atoms with Crippen LogP contribution in [-0.2, 0) is 9.53 Å². The standard InChI is InChI=1S/C21H18F3N3O3/c1-3-29-19(28)12-14(2)15-4-6-16(7-5-15)20-25-13-27(26-20)17-8-10-18(11-9-17)30-21(22,23)24/h4-13H,3H2,1-2H3/b14-12+. The van der Waals surface area contributed by atoms with Crippen molar-refractivity contribution in [3.63, 3.8) is 0 Å². The summed E-state index contributed by atoms with van der Waals surface area (Å²) in [6.45, 7) is 3.87. The van der Waals surface area contributed by atoms with Crippen molar-refractivity contribution in [3.05, 3.63) is 66.5 Å². The van der Waals surface area contributed by atoms with Crippen LogP contribution in [0, 0.1) is 0 Å². The molecule has 1 heterocycles. The van der Waals surface area contributed by atoms with Gasteiger partial charge in [0.15, 0.2) is 5.82 Å². The molecule has 0 saturated carbocycles. The minimum atomic E-state index is -4.74. The zero-order valence-corrected chi connectivity index (χ0v) is 16.2. The second-order valence-corrected chi connectivity index (χ2v) is 6.21. The molecule has 1 aromatic heterocycles. The number of aromatic nitrogens is 3. The number of alkyl halides is 3. The van der Waals surface area contributed by atoms with Gasteiger partial charge >= 0.3 is 12.3 Å². The van der Waals surface area contributed by atoms with Crippen LogP contribution >= 0.6 is 0 Å². The third-order valence-corrected chi connectivity index (χ3v) is 4.05. The Labute approximate surface area is 170 Å². The van der Waals surface area contributed by atoms with E-state index in [0.717, 1.165) is 16.7 Å². The van der Waals surface area contributed by atoms with E-state index in [-0.39, 0.29) is 5.75 Å². The lowest BCUT2D eigenvalue weighted by atomic mass is 10.0. The maximum atomic E-state index is 12.3. The summed E-state index contributed by atoms with van der Waals surface area (Å²) in [5, 5.41) is 4.36. The van der Waals surface area contributed by atoms with E-state index >= 15 is 0 Å². The Kier molecular flexibility index (Phi) is 6.20. The zero-order valence-electron chi connectivity index (χ0n) is 16.2. The van der Waals surface area contributed by atoms with Crippen molar-refractivity contribution < 1.29 is 27.4 Å². The summed E-state index contributed by atoms with van der Waals surface area (Å²) in [5.74, 6) is -0.260. The minimum Gasteiger partial charge on any atom is -0.463 e. The van der Waals surface area contributed by atoms with Gasteiger partial charge in [-0.1, -0.05) is 24.3 Å². The van der Waals surface area contributed by atoms with Gasteiger partial charge in [0.05, 0.1) is 12.3 Å². The van der Waals surface area contributed by atoms with Gasteiger partial charge in [0.25, 0.3) is 0 Å². The smallest absolute Gasteiger partial charge is 0.463 e. The maximum absolute atomic E-state index is 12.3. The summed E-state index contributed by atoms with van der Waals surface area (Å²) >= 11 is 0. The number of esters is 1. The number of hydrogen-bond donors (Lipinski definition) is 0. The first-order chi connectivity index (χ1) is 14.2. The third-order valence-electron chi connectivity index (χ3n) is 4.05. The van der Waals surface area contributed by atoms with E-state index in [1.165, 1.54) is 41.4 Å². The van der Waals surface area contributed by atoms with Gasteiger partial charge in [0.1, 0.15) is 12.1 Å². The molecule has 0 N–H and O–H groups in total. The van der Waals surface area contributed by atoms with Crippen LogP contribution in [0.5, 0.6) is 5.75 Å². The van der Waals surface area contributed by atoms with Crippen molar-refractivity contribution in [2.24, 2.45) is 0 Å². The van der Waals surface area contributed by atoms with Crippen molar-refractivity contribution in [2.75, 3.05) is 6.61 Å². The average molecular weight is 417 g/mol. The molecule has 0 aliphatic carbocycles. The molecule has 3 aromatic rings. The Hall–Kier alpha value is -3.62. The minimum absolute atomic E-state index is 0.312. The van der Waals surface area contributed by atoms with Crippen LogP contribution in [0.3, 0.4) is 0 Å². The molecular formula is C21H18F3N3O3. The molecule has 0 atom stereocenters. The molecule has 2 aromatic carbocycles. The lowest BCUT2D eigenvalue weighted by Crippen LogP contribution is -2.17. The van der Waals surface area contributed by atoms with Gasteiger partial charge in [-0.15, -0.1) is 18.3 Å². The number of hydrogen-bond acceptors (Lipinski definition) is 5. The third kappa shape index (κ3) is 5.47. The molecule has 0 saturated heterocycles. The quantitative estimate of drug-likeness (QED) is 0.426. The summed E-state index contributed by atoms with van der Waals surface area (Å²) < 4.78 is 47.0. The Morgan fingerprint density at radius 1 is 1.10 bits per heavy atom. The molecule has 0 amide bonds. The van der Waals surface area contributed by atoms with Gasteiger partial charge in [-0.2, -0.15) is 0 Å². The lowest BCUT2D eigenvalue weighted by Gasteiger charge is -2.09. The van der Waals surface area contributed by atoms with E-state index in [1.807, 2.05) is 31.2 Å². The fraction of sp³-hybridized carbons (Fsp3) is 0.190. The second kappa shape index (κ2) is 8.81. The fourth-order valence-electron chi connectivity index (χ4n) is 2.65. The normalized spacial score (nSPS) is 12.0. The highest BCUT2D eigenvalue weighted by molar-refractivity contribution is 5.91. The summed E-state index contributed by atoms with van der Waals surface area (Å²) in [7, 11) is 0. The molecule has 0 aliphatic heterocycles. The number of benzene rings is 2. The highest BCUT2D eigenvalue weighted by atomic mass is 19.4. The highest BCUT2D eigenvalue weighted by Gasteiger charge is 2.31. The summed E-state index contributed by atoms with van der Waals surface area (Å²) in [5.41, 5.74) is 2.90. The number of carbonyl (C=O) groups excluding carboxylic acids is 1. The van der Waals surface area contributed by atoms with Crippen LogP contribution in [0.25, 0.3) is 22.6 Å². The number of rotatable bonds is 6. The van der Waals surface area contributed by atoms with Crippen LogP contribution < -0.4 is 4.74 Å². The van der Waals surface area contributed by atoms with E-state index in [1.54, 1.807) is 6.92 Å². The molecule has 0 radical (unpaired) electrons. The monoisotopic (exact) mass is 417 g/mol. The molecule has 0 unspecified atom stereocenters. The van der Waals surface area contributed by atoms with Crippen LogP contribution in [-0.4, -0.2) is 33.7 Å². The Morgan fingerprint density at radius 2 is 1.77 bits per heavy atom. The van der Waals surface area contributed by atoms with Gasteiger partial charge in [-0.3, -0.25) is 0 Å². The fourth-order valence-corrected chi connectivity index (χ4v) is 2.65. The van der Waals surface area contributed by atoms with E-state index in [2.05, 4.69) is 14.8 Å².